The Balaban J connectivity index is 1.71. The third-order valence-electron chi connectivity index (χ3n) is 3.81. The lowest BCUT2D eigenvalue weighted by Crippen LogP contribution is -2.35. The largest absolute Gasteiger partial charge is 0.334 e. The predicted molar refractivity (Wildman–Crippen MR) is 73.3 cm³/mol. The van der Waals surface area contributed by atoms with E-state index in [1.807, 2.05) is 0 Å². The number of aryl methyl sites for hydroxylation is 1. The van der Waals surface area contributed by atoms with Gasteiger partial charge < -0.3 is 4.90 Å². The molecule has 0 aliphatic carbocycles. The van der Waals surface area contributed by atoms with Gasteiger partial charge in [-0.3, -0.25) is 9.89 Å². The maximum atomic E-state index is 12.7. The Hall–Kier alpha value is -2.77. The van der Waals surface area contributed by atoms with Crippen LogP contribution < -0.4 is 0 Å². The number of aromatic nitrogens is 6. The minimum atomic E-state index is -0.0465. The normalized spacial score (nSPS) is 14.4. The summed E-state index contributed by atoms with van der Waals surface area (Å²) in [5.74, 6) is -0.0465. The van der Waals surface area contributed by atoms with Crippen LogP contribution in [0.1, 0.15) is 21.6 Å². The van der Waals surface area contributed by atoms with Crippen LogP contribution in [0, 0.1) is 0 Å². The standard InChI is InChI=1S/C13H13N7O/c1-19-12-11(17-18-19)9(2-4-14-12)13(21)20-5-3-10-8(7-20)6-15-16-10/h2,4,6H,3,5,7H2,1H3,(H,15,16). The summed E-state index contributed by atoms with van der Waals surface area (Å²) in [5, 5.41) is 15.0. The van der Waals surface area contributed by atoms with Gasteiger partial charge in [-0.1, -0.05) is 5.21 Å². The molecule has 0 atom stereocenters. The number of hydrogen-bond acceptors (Lipinski definition) is 5. The number of amides is 1. The van der Waals surface area contributed by atoms with Crippen molar-refractivity contribution in [1.29, 1.82) is 0 Å². The van der Waals surface area contributed by atoms with Crippen molar-refractivity contribution in [3.8, 4) is 0 Å². The third kappa shape index (κ3) is 1.79. The Labute approximate surface area is 119 Å². The van der Waals surface area contributed by atoms with Crippen LogP contribution in [0.25, 0.3) is 11.2 Å². The van der Waals surface area contributed by atoms with E-state index in [0.717, 1.165) is 17.7 Å². The van der Waals surface area contributed by atoms with E-state index in [9.17, 15) is 4.79 Å². The fraction of sp³-hybridized carbons (Fsp3) is 0.308. The second-order valence-corrected chi connectivity index (χ2v) is 5.09. The Morgan fingerprint density at radius 2 is 2.33 bits per heavy atom. The summed E-state index contributed by atoms with van der Waals surface area (Å²) in [4.78, 5) is 18.8. The highest BCUT2D eigenvalue weighted by atomic mass is 16.2. The van der Waals surface area contributed by atoms with Crippen molar-refractivity contribution < 1.29 is 4.79 Å². The van der Waals surface area contributed by atoms with Crippen LogP contribution >= 0.6 is 0 Å². The van der Waals surface area contributed by atoms with E-state index in [-0.39, 0.29) is 5.91 Å². The van der Waals surface area contributed by atoms with E-state index in [1.165, 1.54) is 0 Å². The van der Waals surface area contributed by atoms with Gasteiger partial charge in [0.05, 0.1) is 11.8 Å². The maximum absolute atomic E-state index is 12.7. The van der Waals surface area contributed by atoms with Crippen LogP contribution in [-0.4, -0.2) is 47.5 Å². The number of nitrogens with one attached hydrogen (secondary N) is 1. The minimum absolute atomic E-state index is 0.0465. The highest BCUT2D eigenvalue weighted by Gasteiger charge is 2.25. The number of rotatable bonds is 1. The van der Waals surface area contributed by atoms with Gasteiger partial charge in [-0.25, -0.2) is 9.67 Å². The number of carbonyl (C=O) groups is 1. The van der Waals surface area contributed by atoms with Crippen molar-refractivity contribution in [3.05, 3.63) is 35.3 Å². The molecule has 1 N–H and O–H groups in total. The molecular weight excluding hydrogens is 270 g/mol. The molecule has 106 valence electrons. The molecule has 8 nitrogen and oxygen atoms in total. The van der Waals surface area contributed by atoms with Crippen LogP contribution in [0.4, 0.5) is 0 Å². The molecule has 4 heterocycles. The van der Waals surface area contributed by atoms with Crippen molar-refractivity contribution in [3.63, 3.8) is 0 Å². The zero-order chi connectivity index (χ0) is 14.4. The quantitative estimate of drug-likeness (QED) is 0.692. The SMILES string of the molecule is Cn1nnc2c(C(=O)N3CCc4[nH]ncc4C3)ccnc21. The number of carbonyl (C=O) groups excluding carboxylic acids is 1. The molecule has 0 unspecified atom stereocenters. The molecular formula is C13H13N7O. The van der Waals surface area contributed by atoms with Gasteiger partial charge in [-0.05, 0) is 6.07 Å². The monoisotopic (exact) mass is 283 g/mol. The van der Waals surface area contributed by atoms with Gasteiger partial charge in [-0.15, -0.1) is 5.10 Å². The first-order chi connectivity index (χ1) is 10.2. The lowest BCUT2D eigenvalue weighted by atomic mass is 10.1. The lowest BCUT2D eigenvalue weighted by molar-refractivity contribution is 0.0736. The molecule has 1 amide bonds. The Morgan fingerprint density at radius 3 is 3.24 bits per heavy atom. The van der Waals surface area contributed by atoms with E-state index in [0.29, 0.717) is 29.8 Å². The Bertz CT molecular complexity index is 834. The molecule has 8 heteroatoms. The van der Waals surface area contributed by atoms with Gasteiger partial charge in [0.1, 0.15) is 5.52 Å². The van der Waals surface area contributed by atoms with Gasteiger partial charge in [0.2, 0.25) is 0 Å². The average molecular weight is 283 g/mol. The summed E-state index contributed by atoms with van der Waals surface area (Å²) >= 11 is 0. The van der Waals surface area contributed by atoms with Gasteiger partial charge in [0, 0.05) is 44.0 Å². The molecule has 0 fully saturated rings. The van der Waals surface area contributed by atoms with Crippen LogP contribution in [0.15, 0.2) is 18.5 Å². The number of H-pyrrole nitrogens is 1. The number of fused-ring (bicyclic) bond motifs is 2. The topological polar surface area (TPSA) is 92.6 Å². The van der Waals surface area contributed by atoms with Crippen molar-refractivity contribution in [2.75, 3.05) is 6.54 Å². The van der Waals surface area contributed by atoms with Crippen molar-refractivity contribution in [1.82, 2.24) is 35.1 Å². The van der Waals surface area contributed by atoms with Crippen LogP contribution in [0.3, 0.4) is 0 Å². The molecule has 21 heavy (non-hydrogen) atoms. The Kier molecular flexibility index (Phi) is 2.50. The second-order valence-electron chi connectivity index (χ2n) is 5.09. The second kappa shape index (κ2) is 4.37. The van der Waals surface area contributed by atoms with Gasteiger partial charge in [0.25, 0.3) is 5.91 Å². The average Bonchev–Trinajstić information content (AvgIpc) is 3.12. The Morgan fingerprint density at radius 1 is 1.43 bits per heavy atom. The number of hydrogen-bond donors (Lipinski definition) is 1. The minimum Gasteiger partial charge on any atom is -0.334 e. The molecule has 0 bridgehead atoms. The summed E-state index contributed by atoms with van der Waals surface area (Å²) in [6.45, 7) is 1.23. The van der Waals surface area contributed by atoms with Crippen molar-refractivity contribution in [2.45, 2.75) is 13.0 Å². The summed E-state index contributed by atoms with van der Waals surface area (Å²) in [5.41, 5.74) is 3.88. The van der Waals surface area contributed by atoms with E-state index < -0.39 is 0 Å². The molecule has 3 aromatic rings. The summed E-state index contributed by atoms with van der Waals surface area (Å²) in [6.07, 6.45) is 4.18. The molecule has 0 radical (unpaired) electrons. The van der Waals surface area contributed by atoms with Gasteiger partial charge in [-0.2, -0.15) is 5.10 Å². The highest BCUT2D eigenvalue weighted by molar-refractivity contribution is 6.03. The molecule has 0 saturated carbocycles. The first kappa shape index (κ1) is 12.0. The smallest absolute Gasteiger partial charge is 0.256 e. The zero-order valence-corrected chi connectivity index (χ0v) is 11.4. The van der Waals surface area contributed by atoms with Crippen LogP contribution in [-0.2, 0) is 20.0 Å². The first-order valence-corrected chi connectivity index (χ1v) is 6.69. The molecule has 1 aliphatic rings. The van der Waals surface area contributed by atoms with Crippen molar-refractivity contribution in [2.24, 2.45) is 7.05 Å². The molecule has 0 spiro atoms. The van der Waals surface area contributed by atoms with Crippen molar-refractivity contribution >= 4 is 17.1 Å². The first-order valence-electron chi connectivity index (χ1n) is 6.69. The molecule has 0 saturated heterocycles. The summed E-state index contributed by atoms with van der Waals surface area (Å²) < 4.78 is 1.57. The van der Waals surface area contributed by atoms with E-state index in [1.54, 1.807) is 35.1 Å². The summed E-state index contributed by atoms with van der Waals surface area (Å²) in [6, 6.07) is 1.70. The zero-order valence-electron chi connectivity index (χ0n) is 11.4. The van der Waals surface area contributed by atoms with Gasteiger partial charge in [0.15, 0.2) is 5.65 Å². The van der Waals surface area contributed by atoms with E-state index in [2.05, 4.69) is 25.5 Å². The van der Waals surface area contributed by atoms with Crippen LogP contribution in [0.2, 0.25) is 0 Å². The third-order valence-corrected chi connectivity index (χ3v) is 3.81. The van der Waals surface area contributed by atoms with Crippen LogP contribution in [0.5, 0.6) is 0 Å². The molecule has 4 rings (SSSR count). The number of nitrogens with zero attached hydrogens (tertiary/aromatic N) is 6. The molecule has 1 aliphatic heterocycles. The highest BCUT2D eigenvalue weighted by Crippen LogP contribution is 2.20. The summed E-state index contributed by atoms with van der Waals surface area (Å²) in [7, 11) is 1.76. The fourth-order valence-electron chi connectivity index (χ4n) is 2.67. The number of aromatic amines is 1. The fourth-order valence-corrected chi connectivity index (χ4v) is 2.67. The molecule has 3 aromatic heterocycles. The molecule has 0 aromatic carbocycles. The van der Waals surface area contributed by atoms with E-state index >= 15 is 0 Å². The maximum Gasteiger partial charge on any atom is 0.256 e. The van der Waals surface area contributed by atoms with Gasteiger partial charge >= 0.3 is 0 Å². The van der Waals surface area contributed by atoms with E-state index in [4.69, 9.17) is 0 Å². The predicted octanol–water partition coefficient (Wildman–Crippen LogP) is 0.285. The lowest BCUT2D eigenvalue weighted by Gasteiger charge is -2.26. The number of pyridine rings is 1.